The van der Waals surface area contributed by atoms with Crippen LogP contribution in [0.1, 0.15) is 27.6 Å². The second-order valence-electron chi connectivity index (χ2n) is 4.10. The number of ether oxygens (including phenoxy) is 1. The maximum atomic E-state index is 10.5. The van der Waals surface area contributed by atoms with Crippen molar-refractivity contribution in [1.29, 1.82) is 0 Å². The molecule has 7 heteroatoms. The van der Waals surface area contributed by atoms with Crippen LogP contribution < -0.4 is 7.80 Å². The normalized spacial score (nSPS) is 9.35. The zero-order valence-corrected chi connectivity index (χ0v) is 16.5. The van der Waals surface area contributed by atoms with E-state index in [0.29, 0.717) is 30.0 Å². The predicted molar refractivity (Wildman–Crippen MR) is 104 cm³/mol. The lowest BCUT2D eigenvalue weighted by Crippen LogP contribution is -1.93. The number of halogens is 2. The maximum absolute atomic E-state index is 10.5. The van der Waals surface area contributed by atoms with Gasteiger partial charge in [-0.1, -0.05) is 12.1 Å². The smallest absolute Gasteiger partial charge is 0.192 e. The lowest BCUT2D eigenvalue weighted by Gasteiger charge is -2.05. The van der Waals surface area contributed by atoms with E-state index in [-0.39, 0.29) is 11.3 Å². The Bertz CT molecular complexity index is 674. The van der Waals surface area contributed by atoms with Crippen LogP contribution in [0.25, 0.3) is 0 Å². The van der Waals surface area contributed by atoms with E-state index in [0.717, 1.165) is 9.86 Å². The minimum Gasteiger partial charge on any atom is -0.504 e. The minimum absolute atomic E-state index is 0.0886. The highest BCUT2D eigenvalue weighted by Crippen LogP contribution is 2.28. The molecule has 5 nitrogen and oxygen atoms in total. The molecule has 0 spiro atoms. The van der Waals surface area contributed by atoms with Gasteiger partial charge in [0.25, 0.3) is 0 Å². The molecule has 0 fully saturated rings. The molecule has 0 radical (unpaired) electrons. The molecule has 0 saturated heterocycles. The van der Waals surface area contributed by atoms with Crippen molar-refractivity contribution in [3.63, 3.8) is 0 Å². The number of carbonyl (C=O) groups is 2. The van der Waals surface area contributed by atoms with Crippen molar-refractivity contribution in [2.24, 2.45) is 0 Å². The topological polar surface area (TPSA) is 72.8 Å². The molecule has 0 atom stereocenters. The van der Waals surface area contributed by atoms with Gasteiger partial charge in [0.1, 0.15) is 0 Å². The van der Waals surface area contributed by atoms with E-state index in [1.807, 2.05) is 19.1 Å². The van der Waals surface area contributed by atoms with Gasteiger partial charge in [0.15, 0.2) is 52.8 Å². The Labute approximate surface area is 161 Å². The molecule has 0 aromatic heterocycles. The molecule has 122 valence electrons. The predicted octanol–water partition coefficient (Wildman–Crippen LogP) is 4.44. The zero-order valence-electron chi connectivity index (χ0n) is 12.2. The molecule has 0 unspecified atom stereocenters. The highest BCUT2D eigenvalue weighted by Gasteiger charge is 2.06. The third kappa shape index (κ3) is 5.65. The van der Waals surface area contributed by atoms with Crippen LogP contribution in [0, 0.1) is 3.57 Å². The van der Waals surface area contributed by atoms with Crippen molar-refractivity contribution in [3.05, 3.63) is 51.1 Å². The highest BCUT2D eigenvalue weighted by molar-refractivity contribution is 14.1. The van der Waals surface area contributed by atoms with E-state index in [4.69, 9.17) is 7.80 Å². The maximum Gasteiger partial charge on any atom is 0.192 e. The summed E-state index contributed by atoms with van der Waals surface area (Å²) in [7, 11) is 0. The molecular weight excluding hydrogens is 526 g/mol. The molecule has 0 aliphatic carbocycles. The third-order valence-corrected chi connectivity index (χ3v) is 3.95. The van der Waals surface area contributed by atoms with Gasteiger partial charge in [0.2, 0.25) is 0 Å². The van der Waals surface area contributed by atoms with Crippen LogP contribution in [-0.4, -0.2) is 24.3 Å². The Morgan fingerprint density at radius 3 is 2.22 bits per heavy atom. The summed E-state index contributed by atoms with van der Waals surface area (Å²) in [6, 6.07) is 10.3. The summed E-state index contributed by atoms with van der Waals surface area (Å²) in [5.74, 6) is 0.903. The van der Waals surface area contributed by atoms with Gasteiger partial charge in [-0.05, 0) is 53.8 Å². The van der Waals surface area contributed by atoms with E-state index < -0.39 is 0 Å². The molecular formula is C16H14I2O5. The number of aromatic hydroxyl groups is 1. The minimum atomic E-state index is -0.0886. The molecule has 0 aliphatic heterocycles. The number of carbonyl (C=O) groups excluding carboxylic acids is 2. The summed E-state index contributed by atoms with van der Waals surface area (Å²) in [5, 5.41) is 9.36. The lowest BCUT2D eigenvalue weighted by atomic mass is 10.2. The van der Waals surface area contributed by atoms with Gasteiger partial charge in [-0.25, -0.2) is 0 Å². The van der Waals surface area contributed by atoms with Crippen LogP contribution in [-0.2, 0) is 0 Å². The van der Waals surface area contributed by atoms with Crippen molar-refractivity contribution in [2.75, 3.05) is 6.61 Å². The molecule has 2 rings (SSSR count). The standard InChI is InChI=1S/C9H10O3.C7H4I2O2/c1-2-12-8-5-3-4-7(6-10)9(8)11;8-6-3-1-2-5(4-10)7(6)11-9/h3-6,11H,2H2,1H3;1-4H. The lowest BCUT2D eigenvalue weighted by molar-refractivity contribution is 0.111. The van der Waals surface area contributed by atoms with Crippen LogP contribution in [0.3, 0.4) is 0 Å². The number of phenolic OH excluding ortho intramolecular Hbond substituents is 1. The first-order valence-electron chi connectivity index (χ1n) is 6.51. The molecule has 0 amide bonds. The average Bonchev–Trinajstić information content (AvgIpc) is 2.57. The van der Waals surface area contributed by atoms with Crippen molar-refractivity contribution in [1.82, 2.24) is 0 Å². The van der Waals surface area contributed by atoms with Crippen molar-refractivity contribution >= 4 is 58.2 Å². The van der Waals surface area contributed by atoms with Gasteiger partial charge in [-0.3, -0.25) is 9.59 Å². The number of para-hydroxylation sites is 2. The Hall–Kier alpha value is -1.36. The Balaban J connectivity index is 0.000000231. The fourth-order valence-corrected chi connectivity index (χ4v) is 3.15. The summed E-state index contributed by atoms with van der Waals surface area (Å²) in [6.45, 7) is 2.28. The summed E-state index contributed by atoms with van der Waals surface area (Å²) >= 11 is 3.88. The molecule has 23 heavy (non-hydrogen) atoms. The number of phenols is 1. The third-order valence-electron chi connectivity index (χ3n) is 2.66. The van der Waals surface area contributed by atoms with Crippen LogP contribution in [0.15, 0.2) is 36.4 Å². The van der Waals surface area contributed by atoms with Gasteiger partial charge in [0, 0.05) is 0 Å². The van der Waals surface area contributed by atoms with Gasteiger partial charge in [-0.15, -0.1) is 0 Å². The van der Waals surface area contributed by atoms with Gasteiger partial charge >= 0.3 is 0 Å². The van der Waals surface area contributed by atoms with E-state index in [9.17, 15) is 14.7 Å². The first kappa shape index (κ1) is 19.7. The first-order valence-corrected chi connectivity index (χ1v) is 8.47. The number of aldehydes is 2. The average molecular weight is 540 g/mol. The molecule has 0 saturated carbocycles. The fraction of sp³-hybridized carbons (Fsp3) is 0.125. The second-order valence-corrected chi connectivity index (χ2v) is 5.70. The van der Waals surface area contributed by atoms with Crippen LogP contribution in [0.5, 0.6) is 17.2 Å². The van der Waals surface area contributed by atoms with Gasteiger partial charge in [0.05, 0.1) is 21.3 Å². The van der Waals surface area contributed by atoms with E-state index in [2.05, 4.69) is 22.6 Å². The quantitative estimate of drug-likeness (QED) is 0.449. The SMILES string of the molecule is CCOc1cccc(C=O)c1O.O=Cc1cccc(I)c1OI. The van der Waals surface area contributed by atoms with Crippen molar-refractivity contribution in [2.45, 2.75) is 6.92 Å². The molecule has 1 N–H and O–H groups in total. The van der Waals surface area contributed by atoms with E-state index >= 15 is 0 Å². The fourth-order valence-electron chi connectivity index (χ4n) is 1.61. The molecule has 0 aliphatic rings. The summed E-state index contributed by atoms with van der Waals surface area (Å²) in [5.41, 5.74) is 0.840. The second kappa shape index (κ2) is 10.4. The number of hydrogen-bond acceptors (Lipinski definition) is 5. The molecule has 0 bridgehead atoms. The first-order chi connectivity index (χ1) is 11.1. The highest BCUT2D eigenvalue weighted by atomic mass is 127. The van der Waals surface area contributed by atoms with E-state index in [1.54, 1.807) is 41.2 Å². The molecule has 2 aromatic rings. The monoisotopic (exact) mass is 540 g/mol. The summed E-state index contributed by atoms with van der Waals surface area (Å²) in [4.78, 5) is 20.8. The summed E-state index contributed by atoms with van der Waals surface area (Å²) < 4.78 is 11.0. The number of hydrogen-bond donors (Lipinski definition) is 1. The number of benzene rings is 2. The van der Waals surface area contributed by atoms with Crippen LogP contribution in [0.4, 0.5) is 0 Å². The van der Waals surface area contributed by atoms with E-state index in [1.165, 1.54) is 6.07 Å². The summed E-state index contributed by atoms with van der Waals surface area (Å²) in [6.07, 6.45) is 1.38. The van der Waals surface area contributed by atoms with Gasteiger partial charge in [-0.2, -0.15) is 0 Å². The zero-order chi connectivity index (χ0) is 17.2. The Morgan fingerprint density at radius 2 is 1.70 bits per heavy atom. The Morgan fingerprint density at radius 1 is 1.09 bits per heavy atom. The molecule has 2 aromatic carbocycles. The number of rotatable bonds is 5. The molecule has 0 heterocycles. The van der Waals surface area contributed by atoms with Crippen molar-refractivity contribution < 1.29 is 22.5 Å². The Kier molecular flexibility index (Phi) is 8.92. The van der Waals surface area contributed by atoms with Crippen molar-refractivity contribution in [3.8, 4) is 17.2 Å². The van der Waals surface area contributed by atoms with Crippen LogP contribution in [0.2, 0.25) is 0 Å². The largest absolute Gasteiger partial charge is 0.504 e. The van der Waals surface area contributed by atoms with Crippen LogP contribution >= 0.6 is 45.6 Å². The van der Waals surface area contributed by atoms with Gasteiger partial charge < -0.3 is 12.9 Å².